The van der Waals surface area contributed by atoms with Crippen molar-refractivity contribution in [2.75, 3.05) is 39.8 Å². The molecule has 1 heterocycles. The summed E-state index contributed by atoms with van der Waals surface area (Å²) < 4.78 is 15.8. The van der Waals surface area contributed by atoms with E-state index in [-0.39, 0.29) is 18.2 Å². The molecule has 154 valence electrons. The highest BCUT2D eigenvalue weighted by Gasteiger charge is 2.37. The molecular formula is C22H26N2O5. The Bertz CT molecular complexity index is 881. The number of benzene rings is 2. The number of ether oxygens (including phenoxy) is 3. The van der Waals surface area contributed by atoms with Crippen LogP contribution in [0.1, 0.15) is 12.0 Å². The molecule has 0 bridgehead atoms. The second-order valence-corrected chi connectivity index (χ2v) is 6.99. The minimum absolute atomic E-state index is 0.0569. The van der Waals surface area contributed by atoms with Gasteiger partial charge in [-0.3, -0.25) is 9.59 Å². The van der Waals surface area contributed by atoms with Gasteiger partial charge < -0.3 is 24.0 Å². The SMILES string of the molecule is COc1ccc(CN(C)C(=O)C2CC(=O)N(c3cc(OC)ccc3OC)C2)cc1. The third kappa shape index (κ3) is 4.45. The molecule has 1 aliphatic rings. The summed E-state index contributed by atoms with van der Waals surface area (Å²) >= 11 is 0. The third-order valence-corrected chi connectivity index (χ3v) is 5.11. The largest absolute Gasteiger partial charge is 0.497 e. The van der Waals surface area contributed by atoms with Crippen LogP contribution in [0.5, 0.6) is 17.2 Å². The standard InChI is InChI=1S/C22H26N2O5/c1-23(13-15-5-7-17(27-2)8-6-15)22(26)16-11-21(25)24(14-16)19-12-18(28-3)9-10-20(19)29-4/h5-10,12,16H,11,13-14H2,1-4H3. The van der Waals surface area contributed by atoms with Crippen molar-refractivity contribution < 1.29 is 23.8 Å². The maximum Gasteiger partial charge on any atom is 0.228 e. The summed E-state index contributed by atoms with van der Waals surface area (Å²) in [6.45, 7) is 0.782. The number of hydrogen-bond acceptors (Lipinski definition) is 5. The zero-order valence-corrected chi connectivity index (χ0v) is 17.2. The Morgan fingerprint density at radius 3 is 2.31 bits per heavy atom. The lowest BCUT2D eigenvalue weighted by atomic mass is 10.1. The molecule has 1 saturated heterocycles. The fourth-order valence-corrected chi connectivity index (χ4v) is 3.51. The van der Waals surface area contributed by atoms with E-state index in [2.05, 4.69) is 0 Å². The van der Waals surface area contributed by atoms with Gasteiger partial charge in [0.05, 0.1) is 32.9 Å². The highest BCUT2D eigenvalue weighted by Crippen LogP contribution is 2.36. The molecule has 2 amide bonds. The minimum atomic E-state index is -0.401. The molecule has 3 rings (SSSR count). The first-order valence-corrected chi connectivity index (χ1v) is 9.37. The molecule has 1 fully saturated rings. The summed E-state index contributed by atoms with van der Waals surface area (Å²) in [5, 5.41) is 0. The van der Waals surface area contributed by atoms with Gasteiger partial charge in [-0.1, -0.05) is 12.1 Å². The Morgan fingerprint density at radius 2 is 1.69 bits per heavy atom. The Hall–Kier alpha value is -3.22. The van der Waals surface area contributed by atoms with Crippen molar-refractivity contribution in [3.63, 3.8) is 0 Å². The van der Waals surface area contributed by atoms with Crippen molar-refractivity contribution >= 4 is 17.5 Å². The zero-order chi connectivity index (χ0) is 21.0. The first-order valence-electron chi connectivity index (χ1n) is 9.37. The number of carbonyl (C=O) groups is 2. The Balaban J connectivity index is 1.71. The first-order chi connectivity index (χ1) is 14.0. The van der Waals surface area contributed by atoms with Gasteiger partial charge in [0.1, 0.15) is 17.2 Å². The fourth-order valence-electron chi connectivity index (χ4n) is 3.51. The van der Waals surface area contributed by atoms with Crippen LogP contribution in [-0.4, -0.2) is 51.6 Å². The predicted molar refractivity (Wildman–Crippen MR) is 109 cm³/mol. The number of methoxy groups -OCH3 is 3. The summed E-state index contributed by atoms with van der Waals surface area (Å²) in [5.74, 6) is 1.40. The average molecular weight is 398 g/mol. The number of hydrogen-bond donors (Lipinski definition) is 0. The van der Waals surface area contributed by atoms with Gasteiger partial charge in [-0.2, -0.15) is 0 Å². The number of amides is 2. The second-order valence-electron chi connectivity index (χ2n) is 6.99. The van der Waals surface area contributed by atoms with Gasteiger partial charge in [0.2, 0.25) is 11.8 Å². The molecule has 1 unspecified atom stereocenters. The molecule has 2 aromatic carbocycles. The Kier molecular flexibility index (Phi) is 6.26. The molecule has 0 spiro atoms. The normalized spacial score (nSPS) is 15.9. The Labute approximate surface area is 170 Å². The molecule has 0 aromatic heterocycles. The lowest BCUT2D eigenvalue weighted by molar-refractivity contribution is -0.135. The van der Waals surface area contributed by atoms with E-state index in [1.165, 1.54) is 0 Å². The molecule has 0 saturated carbocycles. The van der Waals surface area contributed by atoms with Crippen molar-refractivity contribution in [3.8, 4) is 17.2 Å². The summed E-state index contributed by atoms with van der Waals surface area (Å²) in [6.07, 6.45) is 0.173. The van der Waals surface area contributed by atoms with E-state index in [1.807, 2.05) is 24.3 Å². The quantitative estimate of drug-likeness (QED) is 0.717. The van der Waals surface area contributed by atoms with Crippen molar-refractivity contribution in [1.82, 2.24) is 4.90 Å². The number of rotatable bonds is 7. The number of anilines is 1. The van der Waals surface area contributed by atoms with Crippen molar-refractivity contribution in [2.24, 2.45) is 5.92 Å². The van der Waals surface area contributed by atoms with Gasteiger partial charge in [-0.05, 0) is 29.8 Å². The Morgan fingerprint density at radius 1 is 1.03 bits per heavy atom. The van der Waals surface area contributed by atoms with E-state index >= 15 is 0 Å². The van der Waals surface area contributed by atoms with Crippen LogP contribution >= 0.6 is 0 Å². The van der Waals surface area contributed by atoms with Crippen LogP contribution in [-0.2, 0) is 16.1 Å². The molecule has 1 atom stereocenters. The van der Waals surface area contributed by atoms with Crippen LogP contribution < -0.4 is 19.1 Å². The molecule has 0 aliphatic carbocycles. The maximum atomic E-state index is 12.9. The van der Waals surface area contributed by atoms with Gasteiger partial charge in [-0.25, -0.2) is 0 Å². The number of nitrogens with zero attached hydrogens (tertiary/aromatic N) is 2. The molecular weight excluding hydrogens is 372 g/mol. The lowest BCUT2D eigenvalue weighted by Crippen LogP contribution is -2.34. The van der Waals surface area contributed by atoms with Gasteiger partial charge in [0, 0.05) is 32.6 Å². The first kappa shape index (κ1) is 20.5. The van der Waals surface area contributed by atoms with Crippen LogP contribution in [0.4, 0.5) is 5.69 Å². The molecule has 7 nitrogen and oxygen atoms in total. The van der Waals surface area contributed by atoms with Crippen LogP contribution in [0.15, 0.2) is 42.5 Å². The summed E-state index contributed by atoms with van der Waals surface area (Å²) in [5.41, 5.74) is 1.61. The fraction of sp³-hybridized carbons (Fsp3) is 0.364. The number of carbonyl (C=O) groups excluding carboxylic acids is 2. The van der Waals surface area contributed by atoms with E-state index in [0.717, 1.165) is 11.3 Å². The summed E-state index contributed by atoms with van der Waals surface area (Å²) in [6, 6.07) is 12.9. The van der Waals surface area contributed by atoms with Gasteiger partial charge in [0.25, 0.3) is 0 Å². The van der Waals surface area contributed by atoms with Gasteiger partial charge in [-0.15, -0.1) is 0 Å². The summed E-state index contributed by atoms with van der Waals surface area (Å²) in [7, 11) is 6.49. The second kappa shape index (κ2) is 8.86. The van der Waals surface area contributed by atoms with Crippen LogP contribution in [0, 0.1) is 5.92 Å². The monoisotopic (exact) mass is 398 g/mol. The highest BCUT2D eigenvalue weighted by molar-refractivity contribution is 6.01. The lowest BCUT2D eigenvalue weighted by Gasteiger charge is -2.23. The van der Waals surface area contributed by atoms with E-state index in [4.69, 9.17) is 14.2 Å². The zero-order valence-electron chi connectivity index (χ0n) is 17.2. The highest BCUT2D eigenvalue weighted by atomic mass is 16.5. The smallest absolute Gasteiger partial charge is 0.228 e. The van der Waals surface area contributed by atoms with Crippen LogP contribution in [0.25, 0.3) is 0 Å². The minimum Gasteiger partial charge on any atom is -0.497 e. The topological polar surface area (TPSA) is 68.3 Å². The molecule has 0 N–H and O–H groups in total. The van der Waals surface area contributed by atoms with Crippen molar-refractivity contribution in [2.45, 2.75) is 13.0 Å². The van der Waals surface area contributed by atoms with Crippen LogP contribution in [0.3, 0.4) is 0 Å². The molecule has 7 heteroatoms. The molecule has 1 aliphatic heterocycles. The van der Waals surface area contributed by atoms with Crippen molar-refractivity contribution in [1.29, 1.82) is 0 Å². The molecule has 0 radical (unpaired) electrons. The van der Waals surface area contributed by atoms with Crippen molar-refractivity contribution in [3.05, 3.63) is 48.0 Å². The van der Waals surface area contributed by atoms with E-state index in [9.17, 15) is 9.59 Å². The van der Waals surface area contributed by atoms with E-state index in [1.54, 1.807) is 56.4 Å². The van der Waals surface area contributed by atoms with E-state index < -0.39 is 5.92 Å². The molecule has 2 aromatic rings. The maximum absolute atomic E-state index is 12.9. The van der Waals surface area contributed by atoms with E-state index in [0.29, 0.717) is 30.3 Å². The molecule has 29 heavy (non-hydrogen) atoms. The van der Waals surface area contributed by atoms with Crippen LogP contribution in [0.2, 0.25) is 0 Å². The third-order valence-electron chi connectivity index (χ3n) is 5.11. The summed E-state index contributed by atoms with van der Waals surface area (Å²) in [4.78, 5) is 28.9. The predicted octanol–water partition coefficient (Wildman–Crippen LogP) is 2.72. The average Bonchev–Trinajstić information content (AvgIpc) is 3.14. The van der Waals surface area contributed by atoms with Gasteiger partial charge in [0.15, 0.2) is 0 Å². The van der Waals surface area contributed by atoms with Gasteiger partial charge >= 0.3 is 0 Å².